The molecule has 3 nitrogen and oxygen atoms in total. The fourth-order valence-electron chi connectivity index (χ4n) is 1.99. The molecule has 0 aromatic heterocycles. The maximum Gasteiger partial charge on any atom is 0.171 e. The lowest BCUT2D eigenvalue weighted by atomic mass is 10.1. The molecular weight excluding hydrogens is 311 g/mol. The second kappa shape index (κ2) is 8.29. The first-order chi connectivity index (χ1) is 11.1. The fourth-order valence-corrected chi connectivity index (χ4v) is 2.28. The number of nitrogens with one attached hydrogen (secondary N) is 2. The SMILES string of the molecule is C=CCOc1ccc(NC(=S)N[C@H](C)c2ccc(F)cc2)cc1. The number of ether oxygens (including phenoxy) is 1. The van der Waals surface area contributed by atoms with Crippen LogP contribution in [-0.2, 0) is 0 Å². The first kappa shape index (κ1) is 17.0. The van der Waals surface area contributed by atoms with Gasteiger partial charge in [-0.15, -0.1) is 0 Å². The van der Waals surface area contributed by atoms with Gasteiger partial charge in [-0.05, 0) is 61.1 Å². The standard InChI is InChI=1S/C18H19FN2OS/c1-3-12-22-17-10-8-16(9-11-17)21-18(23)20-13(2)14-4-6-15(19)7-5-14/h3-11,13H,1,12H2,2H3,(H2,20,21,23)/t13-/m1/s1. The monoisotopic (exact) mass is 330 g/mol. The molecule has 0 saturated carbocycles. The average Bonchev–Trinajstić information content (AvgIpc) is 2.54. The Morgan fingerprint density at radius 2 is 1.87 bits per heavy atom. The molecule has 2 aromatic carbocycles. The van der Waals surface area contributed by atoms with Crippen molar-refractivity contribution in [3.63, 3.8) is 0 Å². The number of hydrogen-bond donors (Lipinski definition) is 2. The van der Waals surface area contributed by atoms with Gasteiger partial charge in [0.15, 0.2) is 5.11 Å². The topological polar surface area (TPSA) is 33.3 Å². The molecule has 0 fully saturated rings. The van der Waals surface area contributed by atoms with Gasteiger partial charge in [-0.2, -0.15) is 0 Å². The lowest BCUT2D eigenvalue weighted by molar-refractivity contribution is 0.363. The van der Waals surface area contributed by atoms with E-state index in [9.17, 15) is 4.39 Å². The third-order valence-electron chi connectivity index (χ3n) is 3.20. The number of benzene rings is 2. The molecule has 2 aromatic rings. The van der Waals surface area contributed by atoms with E-state index in [4.69, 9.17) is 17.0 Å². The smallest absolute Gasteiger partial charge is 0.171 e. The minimum Gasteiger partial charge on any atom is -0.490 e. The average molecular weight is 330 g/mol. The molecule has 23 heavy (non-hydrogen) atoms. The van der Waals surface area contributed by atoms with Crippen LogP contribution in [0.4, 0.5) is 10.1 Å². The van der Waals surface area contributed by atoms with Gasteiger partial charge in [0.2, 0.25) is 0 Å². The van der Waals surface area contributed by atoms with Crippen LogP contribution in [0, 0.1) is 5.82 Å². The Morgan fingerprint density at radius 3 is 2.48 bits per heavy atom. The molecule has 0 heterocycles. The van der Waals surface area contributed by atoms with Gasteiger partial charge >= 0.3 is 0 Å². The quantitative estimate of drug-likeness (QED) is 0.606. The molecule has 0 aliphatic heterocycles. The summed E-state index contributed by atoms with van der Waals surface area (Å²) in [4.78, 5) is 0. The Morgan fingerprint density at radius 1 is 1.22 bits per heavy atom. The van der Waals surface area contributed by atoms with Crippen LogP contribution in [0.2, 0.25) is 0 Å². The van der Waals surface area contributed by atoms with Gasteiger partial charge in [0.1, 0.15) is 18.2 Å². The van der Waals surface area contributed by atoms with Crippen molar-refractivity contribution in [2.24, 2.45) is 0 Å². The molecule has 120 valence electrons. The Bertz CT molecular complexity index is 656. The Labute approximate surface area is 141 Å². The summed E-state index contributed by atoms with van der Waals surface area (Å²) >= 11 is 5.30. The van der Waals surface area contributed by atoms with Gasteiger partial charge in [-0.1, -0.05) is 24.8 Å². The molecule has 0 radical (unpaired) electrons. The zero-order chi connectivity index (χ0) is 16.7. The van der Waals surface area contributed by atoms with Gasteiger partial charge < -0.3 is 15.4 Å². The number of halogens is 1. The van der Waals surface area contributed by atoms with Crippen LogP contribution in [0.3, 0.4) is 0 Å². The first-order valence-electron chi connectivity index (χ1n) is 7.25. The minimum atomic E-state index is -0.250. The van der Waals surface area contributed by atoms with Gasteiger partial charge in [0.05, 0.1) is 6.04 Å². The third kappa shape index (κ3) is 5.38. The molecular formula is C18H19FN2OS. The van der Waals surface area contributed by atoms with Crippen LogP contribution in [-0.4, -0.2) is 11.7 Å². The molecule has 0 unspecified atom stereocenters. The Kier molecular flexibility index (Phi) is 6.11. The van der Waals surface area contributed by atoms with Crippen molar-refractivity contribution in [2.45, 2.75) is 13.0 Å². The number of rotatable bonds is 6. The predicted octanol–water partition coefficient (Wildman–Crippen LogP) is 4.44. The summed E-state index contributed by atoms with van der Waals surface area (Å²) in [7, 11) is 0. The van der Waals surface area contributed by atoms with Gasteiger partial charge in [0.25, 0.3) is 0 Å². The molecule has 1 atom stereocenters. The van der Waals surface area contributed by atoms with Crippen molar-refractivity contribution in [1.29, 1.82) is 0 Å². The minimum absolute atomic E-state index is 0.0224. The molecule has 0 spiro atoms. The van der Waals surface area contributed by atoms with Crippen molar-refractivity contribution < 1.29 is 9.13 Å². The largest absolute Gasteiger partial charge is 0.490 e. The van der Waals surface area contributed by atoms with Crippen LogP contribution >= 0.6 is 12.2 Å². The normalized spacial score (nSPS) is 11.4. The van der Waals surface area contributed by atoms with Crippen molar-refractivity contribution in [3.8, 4) is 5.75 Å². The highest BCUT2D eigenvalue weighted by Crippen LogP contribution is 2.17. The third-order valence-corrected chi connectivity index (χ3v) is 3.42. The summed E-state index contributed by atoms with van der Waals surface area (Å²) < 4.78 is 18.4. The predicted molar refractivity (Wildman–Crippen MR) is 96.3 cm³/mol. The summed E-state index contributed by atoms with van der Waals surface area (Å²) in [5.74, 6) is 0.523. The zero-order valence-electron chi connectivity index (χ0n) is 12.9. The van der Waals surface area contributed by atoms with Crippen molar-refractivity contribution in [3.05, 3.63) is 72.6 Å². The zero-order valence-corrected chi connectivity index (χ0v) is 13.7. The second-order valence-corrected chi connectivity index (χ2v) is 5.40. The lowest BCUT2D eigenvalue weighted by Crippen LogP contribution is -2.30. The van der Waals surface area contributed by atoms with E-state index in [1.54, 1.807) is 18.2 Å². The van der Waals surface area contributed by atoms with Crippen molar-refractivity contribution in [2.75, 3.05) is 11.9 Å². The van der Waals surface area contributed by atoms with Crippen LogP contribution < -0.4 is 15.4 Å². The highest BCUT2D eigenvalue weighted by molar-refractivity contribution is 7.80. The van der Waals surface area contributed by atoms with E-state index < -0.39 is 0 Å². The summed E-state index contributed by atoms with van der Waals surface area (Å²) in [6, 6.07) is 13.8. The maximum absolute atomic E-state index is 12.9. The van der Waals surface area contributed by atoms with E-state index >= 15 is 0 Å². The fraction of sp³-hybridized carbons (Fsp3) is 0.167. The molecule has 0 saturated heterocycles. The molecule has 0 bridgehead atoms. The van der Waals surface area contributed by atoms with E-state index in [1.807, 2.05) is 31.2 Å². The van der Waals surface area contributed by atoms with Gasteiger partial charge in [-0.25, -0.2) is 4.39 Å². The van der Waals surface area contributed by atoms with Crippen molar-refractivity contribution in [1.82, 2.24) is 5.32 Å². The summed E-state index contributed by atoms with van der Waals surface area (Å²) in [5.41, 5.74) is 1.82. The highest BCUT2D eigenvalue weighted by atomic mass is 32.1. The second-order valence-electron chi connectivity index (χ2n) is 5.00. The van der Waals surface area contributed by atoms with Crippen LogP contribution in [0.5, 0.6) is 5.75 Å². The lowest BCUT2D eigenvalue weighted by Gasteiger charge is -2.17. The molecule has 2 rings (SSSR count). The van der Waals surface area contributed by atoms with Crippen molar-refractivity contribution >= 4 is 23.0 Å². The highest BCUT2D eigenvalue weighted by Gasteiger charge is 2.07. The van der Waals surface area contributed by atoms with Crippen LogP contribution in [0.15, 0.2) is 61.2 Å². The molecule has 2 N–H and O–H groups in total. The summed E-state index contributed by atoms with van der Waals surface area (Å²) in [6.45, 7) is 6.05. The molecule has 0 aliphatic carbocycles. The Hall–Kier alpha value is -2.40. The van der Waals surface area contributed by atoms with Gasteiger partial charge in [-0.3, -0.25) is 0 Å². The van der Waals surface area contributed by atoms with Crippen LogP contribution in [0.1, 0.15) is 18.5 Å². The number of thiocarbonyl (C=S) groups is 1. The molecule has 0 aliphatic rings. The van der Waals surface area contributed by atoms with E-state index in [0.29, 0.717) is 11.7 Å². The summed E-state index contributed by atoms with van der Waals surface area (Å²) in [5, 5.41) is 6.78. The number of anilines is 1. The maximum atomic E-state index is 12.9. The van der Waals surface area contributed by atoms with E-state index in [1.165, 1.54) is 12.1 Å². The van der Waals surface area contributed by atoms with Gasteiger partial charge in [0, 0.05) is 5.69 Å². The van der Waals surface area contributed by atoms with Crippen LogP contribution in [0.25, 0.3) is 0 Å². The Balaban J connectivity index is 1.88. The van der Waals surface area contributed by atoms with E-state index in [2.05, 4.69) is 17.2 Å². The van der Waals surface area contributed by atoms with E-state index in [-0.39, 0.29) is 11.9 Å². The van der Waals surface area contributed by atoms with E-state index in [0.717, 1.165) is 17.0 Å². The number of hydrogen-bond acceptors (Lipinski definition) is 2. The summed E-state index contributed by atoms with van der Waals surface area (Å²) in [6.07, 6.45) is 1.70. The molecule has 0 amide bonds. The molecule has 5 heteroatoms. The first-order valence-corrected chi connectivity index (χ1v) is 7.66.